The van der Waals surface area contributed by atoms with Crippen LogP contribution in [0.15, 0.2) is 24.3 Å². The highest BCUT2D eigenvalue weighted by Gasteiger charge is 2.52. The third kappa shape index (κ3) is 4.24. The summed E-state index contributed by atoms with van der Waals surface area (Å²) < 4.78 is 47.5. The lowest BCUT2D eigenvalue weighted by molar-refractivity contribution is -0.142. The number of likely N-dealkylation sites (tertiary alicyclic amines) is 1. The number of alkyl halides is 2. The number of carboxylic acids is 1. The Morgan fingerprint density at radius 3 is 2.24 bits per heavy atom. The summed E-state index contributed by atoms with van der Waals surface area (Å²) in [6.45, 7) is 4.33. The Hall–Kier alpha value is -2.25. The first-order valence-electron chi connectivity index (χ1n) is 7.78. The average Bonchev–Trinajstić information content (AvgIpc) is 2.92. The predicted molar refractivity (Wildman–Crippen MR) is 82.8 cm³/mol. The molecule has 1 fully saturated rings. The van der Waals surface area contributed by atoms with E-state index in [2.05, 4.69) is 0 Å². The van der Waals surface area contributed by atoms with Crippen molar-refractivity contribution in [2.45, 2.75) is 44.8 Å². The molecule has 1 N–H and O–H groups in total. The number of hydrogen-bond acceptors (Lipinski definition) is 3. The molecule has 1 aromatic rings. The Kier molecular flexibility index (Phi) is 5.02. The van der Waals surface area contributed by atoms with Crippen LogP contribution in [-0.4, -0.2) is 40.3 Å². The summed E-state index contributed by atoms with van der Waals surface area (Å²) in [7, 11) is 0. The first-order chi connectivity index (χ1) is 11.4. The molecule has 1 aromatic carbocycles. The lowest BCUT2D eigenvalue weighted by Crippen LogP contribution is -2.43. The second-order valence-electron chi connectivity index (χ2n) is 7.05. The molecule has 138 valence electrons. The standard InChI is InChI=1S/C17H20F3NO4/c1-16(2,3)25-15(24)21-9-11(8-13(21)14(22)23)17(19,20)10-4-6-12(18)7-5-10/h4-7,11,13H,8-9H2,1-3H3,(H,22,23)/t11?,13-/m1/s1. The molecule has 1 amide bonds. The average molecular weight is 359 g/mol. The highest BCUT2D eigenvalue weighted by atomic mass is 19.3. The van der Waals surface area contributed by atoms with Crippen molar-refractivity contribution in [3.05, 3.63) is 35.6 Å². The van der Waals surface area contributed by atoms with Gasteiger partial charge in [0.15, 0.2) is 0 Å². The number of hydrogen-bond donors (Lipinski definition) is 1. The van der Waals surface area contributed by atoms with Crippen LogP contribution in [-0.2, 0) is 15.5 Å². The van der Waals surface area contributed by atoms with Crippen molar-refractivity contribution in [2.24, 2.45) is 5.92 Å². The van der Waals surface area contributed by atoms with E-state index in [1.54, 1.807) is 20.8 Å². The number of carbonyl (C=O) groups excluding carboxylic acids is 1. The van der Waals surface area contributed by atoms with Crippen LogP contribution in [0.3, 0.4) is 0 Å². The number of ether oxygens (including phenoxy) is 1. The molecule has 1 heterocycles. The fourth-order valence-corrected chi connectivity index (χ4v) is 2.76. The van der Waals surface area contributed by atoms with Crippen LogP contribution in [0.25, 0.3) is 0 Å². The van der Waals surface area contributed by atoms with Gasteiger partial charge < -0.3 is 9.84 Å². The number of benzene rings is 1. The SMILES string of the molecule is CC(C)(C)OC(=O)N1CC(C(F)(F)c2ccc(F)cc2)C[C@@H]1C(=O)O. The van der Waals surface area contributed by atoms with Crippen molar-refractivity contribution >= 4 is 12.1 Å². The number of rotatable bonds is 3. The topological polar surface area (TPSA) is 66.8 Å². The van der Waals surface area contributed by atoms with Gasteiger partial charge >= 0.3 is 12.1 Å². The van der Waals surface area contributed by atoms with E-state index < -0.39 is 59.9 Å². The van der Waals surface area contributed by atoms with E-state index in [9.17, 15) is 27.9 Å². The number of carboxylic acid groups (broad SMARTS) is 1. The lowest BCUT2D eigenvalue weighted by atomic mass is 9.92. The largest absolute Gasteiger partial charge is 0.480 e. The summed E-state index contributed by atoms with van der Waals surface area (Å²) in [5.41, 5.74) is -1.30. The molecule has 1 unspecified atom stereocenters. The number of halogens is 3. The second kappa shape index (κ2) is 6.57. The van der Waals surface area contributed by atoms with Crippen LogP contribution in [0.4, 0.5) is 18.0 Å². The quantitative estimate of drug-likeness (QED) is 0.895. The van der Waals surface area contributed by atoms with Crippen molar-refractivity contribution in [3.8, 4) is 0 Å². The zero-order chi connectivity index (χ0) is 19.0. The van der Waals surface area contributed by atoms with Gasteiger partial charge in [-0.15, -0.1) is 0 Å². The first kappa shape index (κ1) is 19.1. The van der Waals surface area contributed by atoms with Crippen LogP contribution in [0.2, 0.25) is 0 Å². The number of amides is 1. The van der Waals surface area contributed by atoms with Crippen LogP contribution < -0.4 is 0 Å². The van der Waals surface area contributed by atoms with E-state index in [-0.39, 0.29) is 0 Å². The number of nitrogens with zero attached hydrogens (tertiary/aromatic N) is 1. The molecule has 1 aliphatic heterocycles. The minimum atomic E-state index is -3.40. The summed E-state index contributed by atoms with van der Waals surface area (Å²) in [4.78, 5) is 24.4. The molecule has 1 aliphatic rings. The molecule has 0 bridgehead atoms. The Morgan fingerprint density at radius 1 is 1.20 bits per heavy atom. The lowest BCUT2D eigenvalue weighted by Gasteiger charge is -2.27. The summed E-state index contributed by atoms with van der Waals surface area (Å²) in [5, 5.41) is 9.28. The summed E-state index contributed by atoms with van der Waals surface area (Å²) in [6.07, 6.45) is -1.36. The van der Waals surface area contributed by atoms with Crippen LogP contribution in [0.5, 0.6) is 0 Å². The second-order valence-corrected chi connectivity index (χ2v) is 7.05. The first-order valence-corrected chi connectivity index (χ1v) is 7.78. The van der Waals surface area contributed by atoms with Crippen LogP contribution >= 0.6 is 0 Å². The van der Waals surface area contributed by atoms with Gasteiger partial charge in [0.2, 0.25) is 0 Å². The van der Waals surface area contributed by atoms with E-state index in [0.717, 1.165) is 29.2 Å². The van der Waals surface area contributed by atoms with Crippen LogP contribution in [0.1, 0.15) is 32.8 Å². The molecule has 0 spiro atoms. The molecule has 0 aliphatic carbocycles. The van der Waals surface area contributed by atoms with Crippen molar-refractivity contribution in [1.29, 1.82) is 0 Å². The normalized spacial score (nSPS) is 21.3. The molecule has 8 heteroatoms. The van der Waals surface area contributed by atoms with Gasteiger partial charge in [0.25, 0.3) is 5.92 Å². The van der Waals surface area contributed by atoms with Gasteiger partial charge in [0, 0.05) is 18.0 Å². The van der Waals surface area contributed by atoms with E-state index in [1.807, 2.05) is 0 Å². The minimum Gasteiger partial charge on any atom is -0.480 e. The van der Waals surface area contributed by atoms with E-state index in [0.29, 0.717) is 0 Å². The van der Waals surface area contributed by atoms with Gasteiger partial charge in [0.05, 0.1) is 0 Å². The van der Waals surface area contributed by atoms with Gasteiger partial charge in [-0.25, -0.2) is 22.8 Å². The highest BCUT2D eigenvalue weighted by Crippen LogP contribution is 2.43. The maximum atomic E-state index is 14.7. The van der Waals surface area contributed by atoms with Crippen molar-refractivity contribution < 1.29 is 32.6 Å². The third-order valence-corrected chi connectivity index (χ3v) is 3.96. The van der Waals surface area contributed by atoms with Gasteiger partial charge in [-0.2, -0.15) is 0 Å². The zero-order valence-electron chi connectivity index (χ0n) is 14.1. The fraction of sp³-hybridized carbons (Fsp3) is 0.529. The number of carbonyl (C=O) groups is 2. The Bertz CT molecular complexity index is 655. The third-order valence-electron chi connectivity index (χ3n) is 3.96. The molecule has 0 aromatic heterocycles. The van der Waals surface area contributed by atoms with Crippen LogP contribution in [0, 0.1) is 11.7 Å². The molecule has 2 rings (SSSR count). The van der Waals surface area contributed by atoms with Gasteiger partial charge in [-0.1, -0.05) is 12.1 Å². The molecule has 5 nitrogen and oxygen atoms in total. The molecule has 25 heavy (non-hydrogen) atoms. The van der Waals surface area contributed by atoms with Crippen molar-refractivity contribution in [1.82, 2.24) is 4.90 Å². The maximum absolute atomic E-state index is 14.7. The predicted octanol–water partition coefficient (Wildman–Crippen LogP) is 3.63. The zero-order valence-corrected chi connectivity index (χ0v) is 14.1. The summed E-state index contributed by atoms with van der Waals surface area (Å²) in [5.74, 6) is -6.84. The van der Waals surface area contributed by atoms with E-state index >= 15 is 0 Å². The smallest absolute Gasteiger partial charge is 0.411 e. The fourth-order valence-electron chi connectivity index (χ4n) is 2.76. The minimum absolute atomic E-state index is 0.418. The monoisotopic (exact) mass is 359 g/mol. The van der Waals surface area contributed by atoms with E-state index in [4.69, 9.17) is 4.74 Å². The number of aliphatic carboxylic acids is 1. The summed E-state index contributed by atoms with van der Waals surface area (Å²) in [6, 6.07) is 2.35. The van der Waals surface area contributed by atoms with Gasteiger partial charge in [-0.05, 0) is 39.3 Å². The van der Waals surface area contributed by atoms with Crippen molar-refractivity contribution in [2.75, 3.05) is 6.54 Å². The van der Waals surface area contributed by atoms with E-state index in [1.165, 1.54) is 0 Å². The molecule has 1 saturated heterocycles. The highest BCUT2D eigenvalue weighted by molar-refractivity contribution is 5.81. The maximum Gasteiger partial charge on any atom is 0.411 e. The Labute approximate surface area is 143 Å². The molecule has 0 saturated carbocycles. The summed E-state index contributed by atoms with van der Waals surface area (Å²) >= 11 is 0. The van der Waals surface area contributed by atoms with Gasteiger partial charge in [-0.3, -0.25) is 4.90 Å². The molecular weight excluding hydrogens is 339 g/mol. The Balaban J connectivity index is 2.25. The van der Waals surface area contributed by atoms with Crippen molar-refractivity contribution in [3.63, 3.8) is 0 Å². The Morgan fingerprint density at radius 2 is 1.76 bits per heavy atom. The molecular formula is C17H20F3NO4. The molecule has 0 radical (unpaired) electrons. The molecule has 2 atom stereocenters. The van der Waals surface area contributed by atoms with Gasteiger partial charge in [0.1, 0.15) is 17.5 Å².